The predicted molar refractivity (Wildman–Crippen MR) is 124 cm³/mol. The first-order chi connectivity index (χ1) is 14.1. The molecule has 0 spiro atoms. The van der Waals surface area contributed by atoms with Gasteiger partial charge < -0.3 is 4.90 Å². The van der Waals surface area contributed by atoms with Crippen molar-refractivity contribution in [1.82, 2.24) is 9.88 Å². The third-order valence-corrected chi connectivity index (χ3v) is 7.72. The van der Waals surface area contributed by atoms with Crippen LogP contribution >= 0.6 is 22.9 Å². The summed E-state index contributed by atoms with van der Waals surface area (Å²) in [4.78, 5) is 21.9. The monoisotopic (exact) mass is 465 g/mol. The third-order valence-electron chi connectivity index (χ3n) is 4.73. The molecule has 1 amide bonds. The molecule has 0 saturated heterocycles. The zero-order valence-electron chi connectivity index (χ0n) is 17.3. The van der Waals surface area contributed by atoms with Crippen molar-refractivity contribution in [3.05, 3.63) is 52.5 Å². The quantitative estimate of drug-likeness (QED) is 0.521. The van der Waals surface area contributed by atoms with Gasteiger partial charge in [-0.25, -0.2) is 13.4 Å². The molecule has 0 aliphatic carbocycles. The first kappa shape index (κ1) is 22.7. The summed E-state index contributed by atoms with van der Waals surface area (Å²) in [6.07, 6.45) is 0. The van der Waals surface area contributed by atoms with E-state index in [0.29, 0.717) is 28.8 Å². The molecule has 1 aromatic heterocycles. The van der Waals surface area contributed by atoms with E-state index < -0.39 is 9.84 Å². The van der Waals surface area contributed by atoms with Crippen molar-refractivity contribution in [2.24, 2.45) is 0 Å². The van der Waals surface area contributed by atoms with E-state index in [1.54, 1.807) is 24.0 Å². The number of fused-ring (bicyclic) bond motifs is 1. The van der Waals surface area contributed by atoms with Gasteiger partial charge in [-0.15, -0.1) is 0 Å². The molecular weight excluding hydrogens is 442 g/mol. The van der Waals surface area contributed by atoms with Crippen LogP contribution in [-0.4, -0.2) is 57.1 Å². The number of aromatic nitrogens is 1. The SMILES string of the molecule is CCS(=O)(=O)c1ccc(C(=O)N(CCN(C)C)c2nc3c(C)cc(Cl)cc3s2)cc1. The molecular formula is C21H24ClN3O3S2. The normalized spacial score (nSPS) is 11.9. The Labute approximate surface area is 186 Å². The maximum absolute atomic E-state index is 13.3. The highest BCUT2D eigenvalue weighted by Crippen LogP contribution is 2.33. The number of nitrogens with zero attached hydrogens (tertiary/aromatic N) is 3. The molecule has 1 heterocycles. The molecule has 0 radical (unpaired) electrons. The number of amides is 1. The number of sulfone groups is 1. The first-order valence-electron chi connectivity index (χ1n) is 9.48. The van der Waals surface area contributed by atoms with Gasteiger partial charge in [-0.05, 0) is 63.0 Å². The highest BCUT2D eigenvalue weighted by molar-refractivity contribution is 7.91. The first-order valence-corrected chi connectivity index (χ1v) is 12.3. The average Bonchev–Trinajstić information content (AvgIpc) is 3.12. The number of hydrogen-bond donors (Lipinski definition) is 0. The van der Waals surface area contributed by atoms with Gasteiger partial charge in [-0.3, -0.25) is 9.69 Å². The summed E-state index contributed by atoms with van der Waals surface area (Å²) < 4.78 is 25.0. The van der Waals surface area contributed by atoms with E-state index >= 15 is 0 Å². The van der Waals surface area contributed by atoms with Crippen molar-refractivity contribution in [2.75, 3.05) is 37.8 Å². The van der Waals surface area contributed by atoms with Crippen molar-refractivity contribution in [3.63, 3.8) is 0 Å². The molecule has 30 heavy (non-hydrogen) atoms. The van der Waals surface area contributed by atoms with Crippen molar-refractivity contribution in [2.45, 2.75) is 18.7 Å². The number of anilines is 1. The largest absolute Gasteiger partial charge is 0.308 e. The molecule has 0 bridgehead atoms. The fourth-order valence-corrected chi connectivity index (χ4v) is 5.30. The Balaban J connectivity index is 1.99. The summed E-state index contributed by atoms with van der Waals surface area (Å²) >= 11 is 7.59. The maximum atomic E-state index is 13.3. The predicted octanol–water partition coefficient (Wildman–Crippen LogP) is 4.26. The van der Waals surface area contributed by atoms with Crippen molar-refractivity contribution < 1.29 is 13.2 Å². The second-order valence-corrected chi connectivity index (χ2v) is 11.0. The van der Waals surface area contributed by atoms with Gasteiger partial charge in [0, 0.05) is 23.7 Å². The molecule has 9 heteroatoms. The lowest BCUT2D eigenvalue weighted by Gasteiger charge is -2.22. The van der Waals surface area contributed by atoms with Gasteiger partial charge in [0.15, 0.2) is 15.0 Å². The lowest BCUT2D eigenvalue weighted by molar-refractivity contribution is 0.0985. The smallest absolute Gasteiger partial charge is 0.260 e. The van der Waals surface area contributed by atoms with Crippen LogP contribution in [0.5, 0.6) is 0 Å². The fourth-order valence-electron chi connectivity index (χ4n) is 2.97. The number of hydrogen-bond acceptors (Lipinski definition) is 6. The molecule has 0 aliphatic rings. The highest BCUT2D eigenvalue weighted by Gasteiger charge is 2.23. The van der Waals surface area contributed by atoms with Crippen LogP contribution in [0.4, 0.5) is 5.13 Å². The minimum atomic E-state index is -3.32. The van der Waals surface area contributed by atoms with Crippen molar-refractivity contribution in [1.29, 1.82) is 0 Å². The molecule has 2 aromatic carbocycles. The molecule has 0 fully saturated rings. The van der Waals surface area contributed by atoms with Crippen LogP contribution in [0, 0.1) is 6.92 Å². The van der Waals surface area contributed by atoms with E-state index in [-0.39, 0.29) is 16.6 Å². The lowest BCUT2D eigenvalue weighted by atomic mass is 10.2. The number of rotatable bonds is 7. The Morgan fingerprint density at radius 2 is 1.80 bits per heavy atom. The zero-order valence-corrected chi connectivity index (χ0v) is 19.7. The molecule has 0 atom stereocenters. The Hall–Kier alpha value is -2.00. The topological polar surface area (TPSA) is 70.6 Å². The number of carbonyl (C=O) groups is 1. The second kappa shape index (κ2) is 9.01. The highest BCUT2D eigenvalue weighted by atomic mass is 35.5. The van der Waals surface area contributed by atoms with Gasteiger partial charge in [0.1, 0.15) is 0 Å². The minimum Gasteiger partial charge on any atom is -0.308 e. The number of likely N-dealkylation sites (N-methyl/N-ethyl adjacent to an activating group) is 1. The van der Waals surface area contributed by atoms with Crippen LogP contribution in [0.1, 0.15) is 22.8 Å². The van der Waals surface area contributed by atoms with Crippen LogP contribution in [-0.2, 0) is 9.84 Å². The number of carbonyl (C=O) groups excluding carboxylic acids is 1. The Morgan fingerprint density at radius 3 is 2.40 bits per heavy atom. The molecule has 160 valence electrons. The molecule has 6 nitrogen and oxygen atoms in total. The Kier molecular flexibility index (Phi) is 6.81. The number of aryl methyl sites for hydroxylation is 1. The number of halogens is 1. The van der Waals surface area contributed by atoms with Crippen LogP contribution in [0.2, 0.25) is 5.02 Å². The Bertz CT molecular complexity index is 1170. The van der Waals surface area contributed by atoms with E-state index in [1.807, 2.05) is 38.1 Å². The van der Waals surface area contributed by atoms with Crippen molar-refractivity contribution in [3.8, 4) is 0 Å². The summed E-state index contributed by atoms with van der Waals surface area (Å²) in [5.41, 5.74) is 2.19. The van der Waals surface area contributed by atoms with Gasteiger partial charge in [0.25, 0.3) is 5.91 Å². The van der Waals surface area contributed by atoms with Crippen molar-refractivity contribution >= 4 is 54.0 Å². The standard InChI is InChI=1S/C21H24ClN3O3S2/c1-5-30(27,28)17-8-6-15(7-9-17)20(26)25(11-10-24(3)4)21-23-19-14(2)12-16(22)13-18(19)29-21/h6-9,12-13H,5,10-11H2,1-4H3. The zero-order chi connectivity index (χ0) is 22.1. The molecule has 0 aliphatic heterocycles. The third kappa shape index (κ3) is 4.83. The van der Waals surface area contributed by atoms with E-state index in [9.17, 15) is 13.2 Å². The van der Waals surface area contributed by atoms with E-state index in [2.05, 4.69) is 0 Å². The van der Waals surface area contributed by atoms with Gasteiger partial charge >= 0.3 is 0 Å². The lowest BCUT2D eigenvalue weighted by Crippen LogP contribution is -2.36. The summed E-state index contributed by atoms with van der Waals surface area (Å²) in [6, 6.07) is 9.79. The van der Waals surface area contributed by atoms with Gasteiger partial charge in [-0.1, -0.05) is 29.9 Å². The van der Waals surface area contributed by atoms with Crippen LogP contribution < -0.4 is 4.90 Å². The van der Waals surface area contributed by atoms with Crippen LogP contribution in [0.25, 0.3) is 10.2 Å². The summed E-state index contributed by atoms with van der Waals surface area (Å²) in [7, 11) is 0.565. The molecule has 3 aromatic rings. The summed E-state index contributed by atoms with van der Waals surface area (Å²) in [5, 5.41) is 1.22. The second-order valence-electron chi connectivity index (χ2n) is 7.25. The van der Waals surface area contributed by atoms with Gasteiger partial charge in [0.2, 0.25) is 0 Å². The van der Waals surface area contributed by atoms with Crippen LogP contribution in [0.15, 0.2) is 41.3 Å². The minimum absolute atomic E-state index is 0.0167. The summed E-state index contributed by atoms with van der Waals surface area (Å²) in [5.74, 6) is -0.205. The van der Waals surface area contributed by atoms with E-state index in [0.717, 1.165) is 15.8 Å². The summed E-state index contributed by atoms with van der Waals surface area (Å²) in [6.45, 7) is 4.65. The molecule has 0 N–H and O–H groups in total. The average molecular weight is 466 g/mol. The number of thiazole rings is 1. The molecule has 3 rings (SSSR count). The van der Waals surface area contributed by atoms with E-state index in [4.69, 9.17) is 16.6 Å². The fraction of sp³-hybridized carbons (Fsp3) is 0.333. The van der Waals surface area contributed by atoms with Gasteiger partial charge in [-0.2, -0.15) is 0 Å². The Morgan fingerprint density at radius 1 is 1.13 bits per heavy atom. The van der Waals surface area contributed by atoms with E-state index in [1.165, 1.54) is 23.5 Å². The van der Waals surface area contributed by atoms with Gasteiger partial charge in [0.05, 0.1) is 20.9 Å². The maximum Gasteiger partial charge on any atom is 0.260 e. The molecule has 0 saturated carbocycles. The van der Waals surface area contributed by atoms with Crippen LogP contribution in [0.3, 0.4) is 0 Å². The molecule has 0 unspecified atom stereocenters. The number of benzene rings is 2.